The fourth-order valence-corrected chi connectivity index (χ4v) is 5.02. The maximum Gasteiger partial charge on any atom is 0.251 e. The molecule has 3 heterocycles. The molecule has 9 heteroatoms. The molecule has 0 bridgehead atoms. The zero-order valence-electron chi connectivity index (χ0n) is 19.8. The van der Waals surface area contributed by atoms with E-state index in [0.29, 0.717) is 36.6 Å². The minimum atomic E-state index is -0.0379. The third-order valence-corrected chi connectivity index (χ3v) is 7.03. The molecule has 0 aliphatic carbocycles. The Morgan fingerprint density at radius 3 is 2.57 bits per heavy atom. The summed E-state index contributed by atoms with van der Waals surface area (Å²) in [6, 6.07) is 13.6. The number of benzene rings is 2. The Hall–Kier alpha value is -2.45. The van der Waals surface area contributed by atoms with Crippen molar-refractivity contribution >= 4 is 34.9 Å². The van der Waals surface area contributed by atoms with Crippen molar-refractivity contribution in [2.24, 2.45) is 0 Å². The lowest BCUT2D eigenvalue weighted by Crippen LogP contribution is -2.43. The number of aromatic nitrogens is 1. The third kappa shape index (κ3) is 5.70. The largest absolute Gasteiger partial charge is 0.495 e. The van der Waals surface area contributed by atoms with E-state index in [1.165, 1.54) is 5.56 Å². The number of ether oxygens (including phenoxy) is 3. The highest BCUT2D eigenvalue weighted by molar-refractivity contribution is 6.35. The minimum absolute atomic E-state index is 0. The zero-order valence-corrected chi connectivity index (χ0v) is 21.4. The molecule has 2 aromatic carbocycles. The average Bonchev–Trinajstić information content (AvgIpc) is 2.87. The molecular weight excluding hydrogens is 489 g/mol. The molecule has 0 unspecified atom stereocenters. The highest BCUT2D eigenvalue weighted by Crippen LogP contribution is 2.31. The number of hydrogen-bond donors (Lipinski definition) is 1. The van der Waals surface area contributed by atoms with Crippen molar-refractivity contribution in [3.63, 3.8) is 0 Å². The first-order chi connectivity index (χ1) is 16.6. The monoisotopic (exact) mass is 519 g/mol. The highest BCUT2D eigenvalue weighted by Gasteiger charge is 2.20. The van der Waals surface area contributed by atoms with Gasteiger partial charge in [0.05, 0.1) is 17.6 Å². The number of rotatable bonds is 7. The number of methoxy groups -OCH3 is 1. The lowest BCUT2D eigenvalue weighted by atomic mass is 10.0. The molecule has 0 saturated carbocycles. The van der Waals surface area contributed by atoms with Gasteiger partial charge in [0.1, 0.15) is 19.0 Å². The van der Waals surface area contributed by atoms with Gasteiger partial charge in [-0.3, -0.25) is 4.79 Å². The first kappa shape index (κ1) is 25.6. The Kier molecular flexibility index (Phi) is 8.44. The molecule has 3 aromatic rings. The lowest BCUT2D eigenvalue weighted by molar-refractivity contribution is 0.171. The van der Waals surface area contributed by atoms with Crippen molar-refractivity contribution in [1.29, 1.82) is 0 Å². The van der Waals surface area contributed by atoms with Gasteiger partial charge in [0, 0.05) is 37.1 Å². The topological polar surface area (TPSA) is 65.0 Å². The highest BCUT2D eigenvalue weighted by atomic mass is 35.5. The molecule has 1 saturated heterocycles. The van der Waals surface area contributed by atoms with E-state index in [1.807, 2.05) is 12.1 Å². The molecule has 5 rings (SSSR count). The summed E-state index contributed by atoms with van der Waals surface area (Å²) in [7, 11) is 1.62. The van der Waals surface area contributed by atoms with E-state index in [-0.39, 0.29) is 18.0 Å². The molecule has 1 aromatic heterocycles. The molecule has 7 nitrogen and oxygen atoms in total. The van der Waals surface area contributed by atoms with E-state index in [9.17, 15) is 4.79 Å². The predicted molar refractivity (Wildman–Crippen MR) is 141 cm³/mol. The van der Waals surface area contributed by atoms with Gasteiger partial charge in [0.25, 0.3) is 5.56 Å². The Morgan fingerprint density at radius 1 is 1.03 bits per heavy atom. The second-order valence-corrected chi connectivity index (χ2v) is 9.22. The number of piperidine rings is 1. The number of likely N-dealkylation sites (tertiary alicyclic amines) is 1. The van der Waals surface area contributed by atoms with E-state index in [2.05, 4.69) is 22.3 Å². The molecular formula is C26H31Cl2N3O4. The fraction of sp³-hybridized carbons (Fsp3) is 0.423. The van der Waals surface area contributed by atoms with Gasteiger partial charge in [-0.05, 0) is 61.8 Å². The summed E-state index contributed by atoms with van der Waals surface area (Å²) in [5.41, 5.74) is 1.93. The number of nitrogens with one attached hydrogen (secondary N) is 1. The quantitative estimate of drug-likeness (QED) is 0.506. The van der Waals surface area contributed by atoms with Crippen LogP contribution in [0.1, 0.15) is 18.4 Å². The van der Waals surface area contributed by atoms with Crippen LogP contribution in [-0.4, -0.2) is 55.5 Å². The molecule has 35 heavy (non-hydrogen) atoms. The third-order valence-electron chi connectivity index (χ3n) is 6.70. The molecule has 0 atom stereocenters. The fourth-order valence-electron chi connectivity index (χ4n) is 4.80. The molecule has 2 aliphatic heterocycles. The second kappa shape index (κ2) is 11.5. The van der Waals surface area contributed by atoms with Gasteiger partial charge in [-0.15, -0.1) is 12.4 Å². The van der Waals surface area contributed by atoms with Crippen LogP contribution >= 0.6 is 24.0 Å². The minimum Gasteiger partial charge on any atom is -0.495 e. The normalized spacial score (nSPS) is 16.2. The van der Waals surface area contributed by atoms with Crippen molar-refractivity contribution in [2.45, 2.75) is 32.0 Å². The molecule has 1 fully saturated rings. The Balaban J connectivity index is 0.00000289. The van der Waals surface area contributed by atoms with Crippen LogP contribution in [0.3, 0.4) is 0 Å². The summed E-state index contributed by atoms with van der Waals surface area (Å²) >= 11 is 6.38. The van der Waals surface area contributed by atoms with Crippen LogP contribution in [-0.2, 0) is 13.1 Å². The molecule has 0 radical (unpaired) electrons. The van der Waals surface area contributed by atoms with Gasteiger partial charge in [-0.2, -0.15) is 0 Å². The summed E-state index contributed by atoms with van der Waals surface area (Å²) in [5, 5.41) is 5.14. The van der Waals surface area contributed by atoms with Gasteiger partial charge in [0.15, 0.2) is 11.5 Å². The summed E-state index contributed by atoms with van der Waals surface area (Å²) < 4.78 is 18.6. The van der Waals surface area contributed by atoms with Crippen LogP contribution in [0.25, 0.3) is 10.9 Å². The first-order valence-corrected chi connectivity index (χ1v) is 12.2. The summed E-state index contributed by atoms with van der Waals surface area (Å²) in [6.07, 6.45) is 2.15. The molecule has 1 N–H and O–H groups in total. The van der Waals surface area contributed by atoms with Crippen LogP contribution < -0.4 is 25.1 Å². The summed E-state index contributed by atoms with van der Waals surface area (Å²) in [5.74, 6) is 2.33. The van der Waals surface area contributed by atoms with Gasteiger partial charge in [0.2, 0.25) is 0 Å². The van der Waals surface area contributed by atoms with Crippen LogP contribution in [0, 0.1) is 0 Å². The average molecular weight is 520 g/mol. The van der Waals surface area contributed by atoms with Crippen molar-refractivity contribution in [3.8, 4) is 17.2 Å². The maximum atomic E-state index is 12.7. The van der Waals surface area contributed by atoms with E-state index in [0.717, 1.165) is 61.4 Å². The van der Waals surface area contributed by atoms with E-state index >= 15 is 0 Å². The SMILES string of the molecule is COc1ccc(Cl)c2ccc(=O)n(CCN3CCC(NCc4ccc5c(c4)OCCO5)CC3)c12.Cl. The van der Waals surface area contributed by atoms with E-state index in [4.69, 9.17) is 25.8 Å². The predicted octanol–water partition coefficient (Wildman–Crippen LogP) is 4.11. The van der Waals surface area contributed by atoms with Crippen LogP contribution in [0.5, 0.6) is 17.2 Å². The maximum absolute atomic E-state index is 12.7. The number of pyridine rings is 1. The van der Waals surface area contributed by atoms with Gasteiger partial charge in [-0.1, -0.05) is 17.7 Å². The van der Waals surface area contributed by atoms with Crippen LogP contribution in [0.4, 0.5) is 0 Å². The first-order valence-electron chi connectivity index (χ1n) is 11.8. The van der Waals surface area contributed by atoms with Crippen molar-refractivity contribution in [3.05, 3.63) is 63.4 Å². The van der Waals surface area contributed by atoms with Gasteiger partial charge >= 0.3 is 0 Å². The summed E-state index contributed by atoms with van der Waals surface area (Å²) in [6.45, 7) is 5.43. The van der Waals surface area contributed by atoms with Crippen molar-refractivity contribution in [2.75, 3.05) is 40.0 Å². The lowest BCUT2D eigenvalue weighted by Gasteiger charge is -2.32. The molecule has 0 spiro atoms. The Morgan fingerprint density at radius 2 is 1.80 bits per heavy atom. The number of nitrogens with zero attached hydrogens (tertiary/aromatic N) is 2. The molecule has 2 aliphatic rings. The second-order valence-electron chi connectivity index (χ2n) is 8.81. The number of hydrogen-bond acceptors (Lipinski definition) is 6. The van der Waals surface area contributed by atoms with E-state index < -0.39 is 0 Å². The van der Waals surface area contributed by atoms with Crippen molar-refractivity contribution in [1.82, 2.24) is 14.8 Å². The Labute approximate surface area is 216 Å². The molecule has 0 amide bonds. The van der Waals surface area contributed by atoms with Crippen LogP contribution in [0.2, 0.25) is 5.02 Å². The summed E-state index contributed by atoms with van der Waals surface area (Å²) in [4.78, 5) is 15.1. The van der Waals surface area contributed by atoms with Crippen molar-refractivity contribution < 1.29 is 14.2 Å². The van der Waals surface area contributed by atoms with E-state index in [1.54, 1.807) is 29.9 Å². The standard InChI is InChI=1S/C26H30ClN3O4.ClH/c1-32-23-6-4-21(27)20-3-7-25(31)30(26(20)23)13-12-29-10-8-19(9-11-29)28-17-18-2-5-22-24(16-18)34-15-14-33-22;/h2-7,16,19,28H,8-15,17H2,1H3;1H. The molecule has 188 valence electrons. The van der Waals surface area contributed by atoms with Crippen LogP contribution in [0.15, 0.2) is 47.3 Å². The number of fused-ring (bicyclic) bond motifs is 2. The van der Waals surface area contributed by atoms with Gasteiger partial charge in [-0.25, -0.2) is 0 Å². The van der Waals surface area contributed by atoms with Gasteiger partial charge < -0.3 is 29.0 Å². The Bertz CT molecular complexity index is 1230. The smallest absolute Gasteiger partial charge is 0.251 e. The number of halogens is 2. The zero-order chi connectivity index (χ0) is 23.5.